The Labute approximate surface area is 480 Å². The van der Waals surface area contributed by atoms with Gasteiger partial charge >= 0.3 is 0 Å². The van der Waals surface area contributed by atoms with Crippen LogP contribution in [0, 0.1) is 10.1 Å². The molecule has 2 atom stereocenters. The summed E-state index contributed by atoms with van der Waals surface area (Å²) in [5.74, 6) is -0.107. The van der Waals surface area contributed by atoms with Gasteiger partial charge < -0.3 is 49.2 Å². The molecule has 4 heterocycles. The summed E-state index contributed by atoms with van der Waals surface area (Å²) in [7, 11) is 1.95. The van der Waals surface area contributed by atoms with Gasteiger partial charge in [-0.05, 0) is 151 Å². The number of carbonyl (C=O) groups is 1. The van der Waals surface area contributed by atoms with E-state index < -0.39 is 20.7 Å². The monoisotopic (exact) mass is 1150 g/mol. The first-order valence-electron chi connectivity index (χ1n) is 27.6. The predicted molar refractivity (Wildman–Crippen MR) is 323 cm³/mol. The summed E-state index contributed by atoms with van der Waals surface area (Å²) >= 11 is 8.07. The second kappa shape index (κ2) is 26.6. The number of hydrogen-bond acceptors (Lipinski definition) is 14. The fourth-order valence-corrected chi connectivity index (χ4v) is 12.7. The van der Waals surface area contributed by atoms with E-state index in [0.717, 1.165) is 123 Å². The highest BCUT2D eigenvalue weighted by molar-refractivity contribution is 7.99. The van der Waals surface area contributed by atoms with Gasteiger partial charge in [0.15, 0.2) is 5.79 Å². The Morgan fingerprint density at radius 2 is 1.50 bits per heavy atom. The average molecular weight is 1150 g/mol. The maximum Gasteiger partial charge on any atom is 0.293 e. The number of nitrogens with one attached hydrogen (secondary N) is 3. The molecule has 0 aliphatic carbocycles. The quantitative estimate of drug-likeness (QED) is 0.0227. The number of benzene rings is 5. The normalized spacial score (nSPS) is 17.4. The smallest absolute Gasteiger partial charge is 0.293 e. The number of nitrogens with zero attached hydrogens (tertiary/aromatic N) is 7. The van der Waals surface area contributed by atoms with Crippen molar-refractivity contribution in [1.29, 1.82) is 0 Å². The first-order valence-corrected chi connectivity index (χ1v) is 30.4. The molecule has 3 saturated heterocycles. The summed E-state index contributed by atoms with van der Waals surface area (Å²) in [6.07, 6.45) is 4.24. The van der Waals surface area contributed by atoms with Crippen molar-refractivity contribution in [2.45, 2.75) is 67.4 Å². The molecule has 1 amide bonds. The van der Waals surface area contributed by atoms with Crippen LogP contribution in [0.15, 0.2) is 137 Å². The predicted octanol–water partition coefficient (Wildman–Crippen LogP) is 9.94. The van der Waals surface area contributed by atoms with Crippen LogP contribution in [0.4, 0.5) is 28.4 Å². The zero-order valence-electron chi connectivity index (χ0n) is 46.5. The summed E-state index contributed by atoms with van der Waals surface area (Å²) < 4.78 is 44.3. The highest BCUT2D eigenvalue weighted by Gasteiger charge is 2.33. The van der Waals surface area contributed by atoms with E-state index in [1.165, 1.54) is 12.1 Å². The maximum atomic E-state index is 14.6. The molecule has 17 nitrogen and oxygen atoms in total. The zero-order valence-corrected chi connectivity index (χ0v) is 48.9. The fourth-order valence-electron chi connectivity index (χ4n) is 10.5. The lowest BCUT2D eigenvalue weighted by atomic mass is 9.96. The molecule has 3 N–H and O–H groups in total. The van der Waals surface area contributed by atoms with Gasteiger partial charge in [0.2, 0.25) is 0 Å². The summed E-state index contributed by atoms with van der Waals surface area (Å²) in [6.45, 7) is 14.3. The zero-order chi connectivity index (χ0) is 56.4. The minimum Gasteiger partial charge on any atom is -0.376 e. The standard InChI is InChI=1S/C60H75ClN10O7S2/c1-60(2)77-42-51(78-60)27-31-70-41-54(44-12-16-46(61)17-13-44)57(58(70)59(72)62-28-9-29-67-34-32-66(5)33-35-67)45-14-20-49(21-15-45)68-36-38-69(39-37-68)50-22-18-47(19-23-50)64-80(75,76)53-24-25-55(56(40-53)71(73)74)63-48(26-30-65(3)4)43-79-52-10-7-6-8-11-52/h6-8,10-25,40-41,48,51,63-64H,9,26-39,42-43H2,1-5H3,(H,62,72)/t48-,51+/m1/s1. The van der Waals surface area contributed by atoms with Crippen molar-refractivity contribution < 1.29 is 27.6 Å². The molecule has 1 aromatic heterocycles. The van der Waals surface area contributed by atoms with Crippen LogP contribution in [0.2, 0.25) is 5.02 Å². The molecule has 3 aliphatic heterocycles. The number of hydrogen-bond donors (Lipinski definition) is 3. The summed E-state index contributed by atoms with van der Waals surface area (Å²) in [6, 6.07) is 37.3. The molecule has 0 bridgehead atoms. The van der Waals surface area contributed by atoms with Crippen LogP contribution in [0.1, 0.15) is 43.6 Å². The highest BCUT2D eigenvalue weighted by atomic mass is 35.5. The van der Waals surface area contributed by atoms with Crippen LogP contribution in [-0.4, -0.2) is 162 Å². The van der Waals surface area contributed by atoms with E-state index >= 15 is 0 Å². The molecule has 3 fully saturated rings. The Bertz CT molecular complexity index is 3130. The van der Waals surface area contributed by atoms with Crippen molar-refractivity contribution in [3.8, 4) is 22.3 Å². The van der Waals surface area contributed by atoms with Crippen molar-refractivity contribution in [2.24, 2.45) is 0 Å². The van der Waals surface area contributed by atoms with E-state index in [0.29, 0.717) is 48.3 Å². The molecule has 0 spiro atoms. The molecule has 426 valence electrons. The number of anilines is 4. The van der Waals surface area contributed by atoms with Crippen molar-refractivity contribution in [2.75, 3.05) is 125 Å². The van der Waals surface area contributed by atoms with Crippen LogP contribution in [0.3, 0.4) is 0 Å². The van der Waals surface area contributed by atoms with Gasteiger partial charge in [0.05, 0.1) is 22.5 Å². The number of nitro groups is 1. The molecule has 20 heteroatoms. The second-order valence-corrected chi connectivity index (χ2v) is 24.8. The van der Waals surface area contributed by atoms with Crippen molar-refractivity contribution in [3.05, 3.63) is 148 Å². The highest BCUT2D eigenvalue weighted by Crippen LogP contribution is 2.39. The Hall–Kier alpha value is -6.16. The Morgan fingerprint density at radius 3 is 2.12 bits per heavy atom. The number of likely N-dealkylation sites (N-methyl/N-ethyl adjacent to an activating group) is 1. The first-order chi connectivity index (χ1) is 38.5. The van der Waals surface area contributed by atoms with Gasteiger partial charge in [-0.15, -0.1) is 11.8 Å². The number of piperazine rings is 2. The summed E-state index contributed by atoms with van der Waals surface area (Å²) in [5, 5.41) is 19.7. The number of nitro benzene ring substituents is 1. The second-order valence-electron chi connectivity index (χ2n) is 21.6. The topological polar surface area (TPSA) is 170 Å². The van der Waals surface area contributed by atoms with Crippen molar-refractivity contribution in [3.63, 3.8) is 0 Å². The summed E-state index contributed by atoms with van der Waals surface area (Å²) in [4.78, 5) is 38.8. The number of halogens is 1. The third-order valence-corrected chi connectivity index (χ3v) is 17.8. The summed E-state index contributed by atoms with van der Waals surface area (Å²) in [5.41, 5.74) is 6.60. The van der Waals surface area contributed by atoms with Crippen molar-refractivity contribution >= 4 is 67.7 Å². The number of rotatable bonds is 24. The molecule has 5 aromatic carbocycles. The van der Waals surface area contributed by atoms with E-state index in [9.17, 15) is 23.3 Å². The number of ether oxygens (including phenoxy) is 2. The maximum absolute atomic E-state index is 14.6. The largest absolute Gasteiger partial charge is 0.376 e. The van der Waals surface area contributed by atoms with Gasteiger partial charge in [0.25, 0.3) is 21.6 Å². The Kier molecular flexibility index (Phi) is 19.5. The van der Waals surface area contributed by atoms with Gasteiger partial charge in [-0.1, -0.05) is 54.1 Å². The first kappa shape index (κ1) is 58.5. The van der Waals surface area contributed by atoms with Crippen LogP contribution >= 0.6 is 23.4 Å². The van der Waals surface area contributed by atoms with Gasteiger partial charge in [0, 0.05) is 128 Å². The minimum absolute atomic E-state index is 0.102. The number of aryl methyl sites for hydroxylation is 1. The van der Waals surface area contributed by atoms with Crippen molar-refractivity contribution in [1.82, 2.24) is 24.6 Å². The average Bonchev–Trinajstić information content (AvgIpc) is 4.13. The molecule has 0 saturated carbocycles. The van der Waals surface area contributed by atoms with Gasteiger partial charge in [-0.25, -0.2) is 8.42 Å². The van der Waals surface area contributed by atoms with Crippen LogP contribution in [0.25, 0.3) is 22.3 Å². The lowest BCUT2D eigenvalue weighted by molar-refractivity contribution is -0.384. The third kappa shape index (κ3) is 15.4. The number of amides is 1. The molecular weight excluding hydrogens is 1070 g/mol. The number of carbonyl (C=O) groups excluding carboxylic acids is 1. The van der Waals surface area contributed by atoms with E-state index in [2.05, 4.69) is 81.9 Å². The number of sulfonamides is 1. The minimum atomic E-state index is -4.17. The third-order valence-electron chi connectivity index (χ3n) is 15.0. The Morgan fingerprint density at radius 1 is 0.850 bits per heavy atom. The lowest BCUT2D eigenvalue weighted by Gasteiger charge is -2.37. The van der Waals surface area contributed by atoms with Gasteiger partial charge in [0.1, 0.15) is 11.4 Å². The Balaban J connectivity index is 0.857. The molecule has 9 rings (SSSR count). The van der Waals surface area contributed by atoms with E-state index in [-0.39, 0.29) is 34.3 Å². The van der Waals surface area contributed by atoms with Crippen LogP contribution in [-0.2, 0) is 26.0 Å². The van der Waals surface area contributed by atoms with E-state index in [1.54, 1.807) is 23.9 Å². The molecule has 3 aliphatic rings. The van der Waals surface area contributed by atoms with E-state index in [1.807, 2.05) is 94.7 Å². The van der Waals surface area contributed by atoms with Crippen LogP contribution in [0.5, 0.6) is 0 Å². The SMILES string of the molecule is CN(C)CC[C@H](CSc1ccccc1)Nc1ccc(S(=O)(=O)Nc2ccc(N3CCN(c4ccc(-c5c(-c6ccc(Cl)cc6)cn(CC[C@H]6COC(C)(C)O6)c5C(=O)NCCCN5CCN(C)CC5)cc4)CC3)cc2)cc1[N+](=O)[O-]. The number of aromatic nitrogens is 1. The van der Waals surface area contributed by atoms with Crippen LogP contribution < -0.4 is 25.2 Å². The molecule has 80 heavy (non-hydrogen) atoms. The lowest BCUT2D eigenvalue weighted by Crippen LogP contribution is -2.46. The molecule has 0 unspecified atom stereocenters. The molecule has 6 aromatic rings. The van der Waals surface area contributed by atoms with Gasteiger partial charge in [-0.2, -0.15) is 0 Å². The van der Waals surface area contributed by atoms with Gasteiger partial charge in [-0.3, -0.25) is 19.6 Å². The number of thioether (sulfide) groups is 1. The molecule has 0 radical (unpaired) electrons. The fraction of sp³-hybridized carbons (Fsp3) is 0.417. The molecular formula is C60H75ClN10O7S2. The van der Waals surface area contributed by atoms with E-state index in [4.69, 9.17) is 21.1 Å².